The van der Waals surface area contributed by atoms with Gasteiger partial charge in [-0.25, -0.2) is 0 Å². The highest BCUT2D eigenvalue weighted by Gasteiger charge is 2.19. The first-order valence-corrected chi connectivity index (χ1v) is 10.6. The zero-order valence-corrected chi connectivity index (χ0v) is 18.9. The first-order chi connectivity index (χ1) is 14.7. The van der Waals surface area contributed by atoms with Crippen molar-refractivity contribution in [1.29, 1.82) is 0 Å². The second kappa shape index (κ2) is 8.33. The normalized spacial score (nSPS) is 14.9. The van der Waals surface area contributed by atoms with Crippen molar-refractivity contribution in [3.05, 3.63) is 85.2 Å². The molecule has 1 atom stereocenters. The third-order valence-electron chi connectivity index (χ3n) is 5.44. The molecule has 1 aliphatic heterocycles. The average Bonchev–Trinajstić information content (AvgIpc) is 2.72. The number of aromatic nitrogens is 1. The van der Waals surface area contributed by atoms with E-state index < -0.39 is 0 Å². The number of aryl methyl sites for hydroxylation is 1. The maximum Gasteiger partial charge on any atom is 0.258 e. The summed E-state index contributed by atoms with van der Waals surface area (Å²) in [5.74, 6) is -0.335. The summed E-state index contributed by atoms with van der Waals surface area (Å²) in [6, 6.07) is 12.2. The van der Waals surface area contributed by atoms with E-state index >= 15 is 0 Å². The zero-order valence-electron chi connectivity index (χ0n) is 17.4. The molecule has 0 saturated heterocycles. The van der Waals surface area contributed by atoms with Crippen LogP contribution in [0.5, 0.6) is 0 Å². The first kappa shape index (κ1) is 21.3. The lowest BCUT2D eigenvalue weighted by Gasteiger charge is -2.20. The minimum Gasteiger partial charge on any atom is -0.322 e. The van der Waals surface area contributed by atoms with Crippen LogP contribution in [0, 0.1) is 6.92 Å². The Morgan fingerprint density at radius 2 is 1.81 bits per heavy atom. The van der Waals surface area contributed by atoms with Crippen LogP contribution in [0.1, 0.15) is 34.1 Å². The van der Waals surface area contributed by atoms with Crippen LogP contribution in [0.2, 0.25) is 10.0 Å². The van der Waals surface area contributed by atoms with Crippen molar-refractivity contribution < 1.29 is 4.79 Å². The van der Waals surface area contributed by atoms with Crippen LogP contribution in [0.25, 0.3) is 11.1 Å². The Balaban J connectivity index is 1.73. The maximum atomic E-state index is 13.1. The van der Waals surface area contributed by atoms with Gasteiger partial charge in [0.05, 0.1) is 6.04 Å². The molecule has 4 rings (SSSR count). The summed E-state index contributed by atoms with van der Waals surface area (Å²) >= 11 is 12.0. The molecule has 2 heterocycles. The molecule has 7 heteroatoms. The highest BCUT2D eigenvalue weighted by molar-refractivity contribution is 6.35. The van der Waals surface area contributed by atoms with E-state index in [0.717, 1.165) is 28.8 Å². The summed E-state index contributed by atoms with van der Waals surface area (Å²) in [5, 5.41) is 3.63. The summed E-state index contributed by atoms with van der Waals surface area (Å²) in [6.07, 6.45) is 2.56. The molecule has 0 aliphatic carbocycles. The number of nitrogens with zero attached hydrogens (tertiary/aromatic N) is 2. The first-order valence-electron chi connectivity index (χ1n) is 9.87. The Morgan fingerprint density at radius 3 is 2.52 bits per heavy atom. The SMILES string of the molecule is Cc1ccc(NC(=O)c2cc(Cl)cc(Cl)c2)cc1-c1cc2c(n(C)c1=O)CC(C)N=C2. The smallest absolute Gasteiger partial charge is 0.258 e. The van der Waals surface area contributed by atoms with Crippen molar-refractivity contribution in [2.24, 2.45) is 12.0 Å². The number of anilines is 1. The van der Waals surface area contributed by atoms with E-state index in [1.54, 1.807) is 35.9 Å². The van der Waals surface area contributed by atoms with Crippen molar-refractivity contribution in [3.63, 3.8) is 0 Å². The lowest BCUT2D eigenvalue weighted by molar-refractivity contribution is 0.102. The van der Waals surface area contributed by atoms with Gasteiger partial charge in [-0.3, -0.25) is 14.6 Å². The molecule has 2 aromatic carbocycles. The number of amides is 1. The van der Waals surface area contributed by atoms with Gasteiger partial charge in [0, 0.05) is 57.8 Å². The number of aliphatic imine (C=N–C) groups is 1. The van der Waals surface area contributed by atoms with Crippen LogP contribution >= 0.6 is 23.2 Å². The van der Waals surface area contributed by atoms with E-state index in [9.17, 15) is 9.59 Å². The maximum absolute atomic E-state index is 13.1. The number of nitrogens with one attached hydrogen (secondary N) is 1. The fourth-order valence-corrected chi connectivity index (χ4v) is 4.30. The van der Waals surface area contributed by atoms with Gasteiger partial charge >= 0.3 is 0 Å². The molecule has 158 valence electrons. The van der Waals surface area contributed by atoms with E-state index in [0.29, 0.717) is 26.9 Å². The van der Waals surface area contributed by atoms with E-state index in [1.807, 2.05) is 38.3 Å². The van der Waals surface area contributed by atoms with E-state index in [-0.39, 0.29) is 17.5 Å². The number of carbonyl (C=O) groups excluding carboxylic acids is 1. The predicted octanol–water partition coefficient (Wildman–Crippen LogP) is 5.28. The van der Waals surface area contributed by atoms with Gasteiger partial charge in [0.15, 0.2) is 0 Å². The molecule has 1 aromatic heterocycles. The van der Waals surface area contributed by atoms with Gasteiger partial charge in [-0.2, -0.15) is 0 Å². The topological polar surface area (TPSA) is 63.5 Å². The number of fused-ring (bicyclic) bond motifs is 1. The van der Waals surface area contributed by atoms with Crippen LogP contribution in [-0.4, -0.2) is 22.7 Å². The summed E-state index contributed by atoms with van der Waals surface area (Å²) in [4.78, 5) is 30.3. The standard InChI is InChI=1S/C24H21Cl2N3O2/c1-13-4-5-19(28-23(30)15-7-17(25)10-18(26)8-15)11-20(13)21-9-16-12-27-14(2)6-22(16)29(3)24(21)31/h4-5,7-12,14H,6H2,1-3H3,(H,28,30). The molecule has 0 radical (unpaired) electrons. The van der Waals surface area contributed by atoms with Gasteiger partial charge in [-0.1, -0.05) is 29.3 Å². The van der Waals surface area contributed by atoms with Gasteiger partial charge in [0.2, 0.25) is 0 Å². The Kier molecular flexibility index (Phi) is 5.73. The Labute approximate surface area is 190 Å². The van der Waals surface area contributed by atoms with Crippen molar-refractivity contribution in [3.8, 4) is 11.1 Å². The van der Waals surface area contributed by atoms with Crippen molar-refractivity contribution in [2.45, 2.75) is 26.3 Å². The van der Waals surface area contributed by atoms with Gasteiger partial charge < -0.3 is 9.88 Å². The Morgan fingerprint density at radius 1 is 1.10 bits per heavy atom. The average molecular weight is 454 g/mol. The van der Waals surface area contributed by atoms with E-state index in [2.05, 4.69) is 10.3 Å². The van der Waals surface area contributed by atoms with Crippen LogP contribution in [-0.2, 0) is 13.5 Å². The molecule has 5 nitrogen and oxygen atoms in total. The molecule has 0 fully saturated rings. The number of hydrogen-bond donors (Lipinski definition) is 1. The lowest BCUT2D eigenvalue weighted by Crippen LogP contribution is -2.27. The molecule has 1 amide bonds. The van der Waals surface area contributed by atoms with Crippen LogP contribution in [0.15, 0.2) is 52.3 Å². The van der Waals surface area contributed by atoms with Crippen LogP contribution in [0.3, 0.4) is 0 Å². The molecule has 1 N–H and O–H groups in total. The fraction of sp³-hybridized carbons (Fsp3) is 0.208. The summed E-state index contributed by atoms with van der Waals surface area (Å²) in [5.41, 5.74) is 5.04. The summed E-state index contributed by atoms with van der Waals surface area (Å²) in [6.45, 7) is 3.97. The third-order valence-corrected chi connectivity index (χ3v) is 5.88. The van der Waals surface area contributed by atoms with Crippen molar-refractivity contribution in [2.75, 3.05) is 5.32 Å². The largest absolute Gasteiger partial charge is 0.322 e. The molecule has 31 heavy (non-hydrogen) atoms. The highest BCUT2D eigenvalue weighted by atomic mass is 35.5. The Bertz CT molecular complexity index is 1270. The van der Waals surface area contributed by atoms with Gasteiger partial charge in [-0.05, 0) is 61.4 Å². The van der Waals surface area contributed by atoms with E-state index in [4.69, 9.17) is 23.2 Å². The zero-order chi connectivity index (χ0) is 22.3. The molecule has 3 aromatic rings. The minimum absolute atomic E-state index is 0.0746. The van der Waals surface area contributed by atoms with Crippen LogP contribution < -0.4 is 10.9 Å². The van der Waals surface area contributed by atoms with Gasteiger partial charge in [-0.15, -0.1) is 0 Å². The highest BCUT2D eigenvalue weighted by Crippen LogP contribution is 2.27. The number of hydrogen-bond acceptors (Lipinski definition) is 3. The lowest BCUT2D eigenvalue weighted by atomic mass is 9.96. The minimum atomic E-state index is -0.335. The van der Waals surface area contributed by atoms with Gasteiger partial charge in [0.25, 0.3) is 11.5 Å². The molecule has 1 aliphatic rings. The molecule has 1 unspecified atom stereocenters. The number of benzene rings is 2. The predicted molar refractivity (Wildman–Crippen MR) is 127 cm³/mol. The number of rotatable bonds is 3. The number of pyridine rings is 1. The quantitative estimate of drug-likeness (QED) is 0.585. The second-order valence-electron chi connectivity index (χ2n) is 7.80. The van der Waals surface area contributed by atoms with Crippen molar-refractivity contribution >= 4 is 41.0 Å². The second-order valence-corrected chi connectivity index (χ2v) is 8.67. The van der Waals surface area contributed by atoms with Gasteiger partial charge in [0.1, 0.15) is 0 Å². The molecule has 0 bridgehead atoms. The molecule has 0 saturated carbocycles. The van der Waals surface area contributed by atoms with Crippen LogP contribution in [0.4, 0.5) is 5.69 Å². The third kappa shape index (κ3) is 4.29. The summed E-state index contributed by atoms with van der Waals surface area (Å²) < 4.78 is 1.70. The number of halogens is 2. The molecular formula is C24H21Cl2N3O2. The molecular weight excluding hydrogens is 433 g/mol. The summed E-state index contributed by atoms with van der Waals surface area (Å²) in [7, 11) is 1.79. The Hall–Kier alpha value is -2.89. The molecule has 0 spiro atoms. The monoisotopic (exact) mass is 453 g/mol. The number of carbonyl (C=O) groups is 1. The van der Waals surface area contributed by atoms with Crippen molar-refractivity contribution in [1.82, 2.24) is 4.57 Å². The fourth-order valence-electron chi connectivity index (χ4n) is 3.78. The van der Waals surface area contributed by atoms with E-state index in [1.165, 1.54) is 0 Å².